The predicted octanol–water partition coefficient (Wildman–Crippen LogP) is 1.32. The average Bonchev–Trinajstić information content (AvgIpc) is 1.84. The van der Waals surface area contributed by atoms with Gasteiger partial charge in [-0.05, 0) is 12.8 Å². The highest BCUT2D eigenvalue weighted by Gasteiger charge is 2.20. The molecule has 0 aromatic rings. The Morgan fingerprint density at radius 2 is 1.73 bits per heavy atom. The molecule has 1 atom stereocenters. The van der Waals surface area contributed by atoms with Crippen LogP contribution in [0.2, 0.25) is 0 Å². The molecule has 1 unspecified atom stereocenters. The maximum Gasteiger partial charge on any atom is 0.313 e. The second-order valence-corrected chi connectivity index (χ2v) is 3.12. The van der Waals surface area contributed by atoms with E-state index in [0.717, 1.165) is 0 Å². The van der Waals surface area contributed by atoms with E-state index in [0.29, 0.717) is 6.42 Å². The molecule has 0 saturated heterocycles. The van der Waals surface area contributed by atoms with Crippen molar-refractivity contribution in [1.82, 2.24) is 0 Å². The SMILES string of the molecule is CC(C)CC(=O)C(C)C(=O)O. The highest BCUT2D eigenvalue weighted by atomic mass is 16.4. The number of carbonyl (C=O) groups excluding carboxylic acids is 1. The Morgan fingerprint density at radius 1 is 1.27 bits per heavy atom. The normalized spacial score (nSPS) is 13.1. The molecule has 0 aromatic heterocycles. The van der Waals surface area contributed by atoms with E-state index in [-0.39, 0.29) is 11.7 Å². The van der Waals surface area contributed by atoms with Gasteiger partial charge in [0.2, 0.25) is 0 Å². The first-order chi connectivity index (χ1) is 4.95. The molecule has 0 heterocycles. The van der Waals surface area contributed by atoms with Crippen LogP contribution >= 0.6 is 0 Å². The lowest BCUT2D eigenvalue weighted by Gasteiger charge is -2.06. The molecule has 0 fully saturated rings. The van der Waals surface area contributed by atoms with Crippen LogP contribution in [0.15, 0.2) is 0 Å². The largest absolute Gasteiger partial charge is 0.481 e. The quantitative estimate of drug-likeness (QED) is 0.628. The molecule has 0 bridgehead atoms. The molecule has 0 aliphatic carbocycles. The molecular formula is C8H14O3. The Balaban J connectivity index is 3.93. The monoisotopic (exact) mass is 158 g/mol. The topological polar surface area (TPSA) is 54.4 Å². The van der Waals surface area contributed by atoms with Crippen LogP contribution in [-0.4, -0.2) is 16.9 Å². The van der Waals surface area contributed by atoms with Gasteiger partial charge in [-0.3, -0.25) is 9.59 Å². The van der Waals surface area contributed by atoms with Gasteiger partial charge in [-0.1, -0.05) is 13.8 Å². The van der Waals surface area contributed by atoms with Crippen LogP contribution in [0.5, 0.6) is 0 Å². The number of ketones is 1. The molecular weight excluding hydrogens is 144 g/mol. The van der Waals surface area contributed by atoms with Crippen LogP contribution in [0.25, 0.3) is 0 Å². The van der Waals surface area contributed by atoms with Gasteiger partial charge in [-0.2, -0.15) is 0 Å². The van der Waals surface area contributed by atoms with Gasteiger partial charge in [-0.15, -0.1) is 0 Å². The van der Waals surface area contributed by atoms with Crippen LogP contribution in [-0.2, 0) is 9.59 Å². The Bertz CT molecular complexity index is 161. The van der Waals surface area contributed by atoms with Gasteiger partial charge in [0, 0.05) is 6.42 Å². The van der Waals surface area contributed by atoms with Crippen molar-refractivity contribution in [2.75, 3.05) is 0 Å². The lowest BCUT2D eigenvalue weighted by atomic mass is 9.98. The number of carboxylic acids is 1. The van der Waals surface area contributed by atoms with Gasteiger partial charge in [0.15, 0.2) is 0 Å². The summed E-state index contributed by atoms with van der Waals surface area (Å²) in [6, 6.07) is 0. The fraction of sp³-hybridized carbons (Fsp3) is 0.750. The maximum atomic E-state index is 11.0. The molecule has 3 heteroatoms. The maximum absolute atomic E-state index is 11.0. The second kappa shape index (κ2) is 4.11. The highest BCUT2D eigenvalue weighted by molar-refractivity contribution is 5.97. The molecule has 0 aliphatic heterocycles. The molecule has 1 N–H and O–H groups in total. The number of Topliss-reactive ketones (excluding diaryl/α,β-unsaturated/α-hetero) is 1. The van der Waals surface area contributed by atoms with Crippen molar-refractivity contribution < 1.29 is 14.7 Å². The van der Waals surface area contributed by atoms with Gasteiger partial charge in [0.05, 0.1) is 0 Å². The molecule has 0 radical (unpaired) electrons. The summed E-state index contributed by atoms with van der Waals surface area (Å²) in [5.41, 5.74) is 0. The molecule has 64 valence electrons. The molecule has 0 spiro atoms. The van der Waals surface area contributed by atoms with E-state index in [1.165, 1.54) is 6.92 Å². The van der Waals surface area contributed by atoms with Crippen LogP contribution in [0.3, 0.4) is 0 Å². The minimum atomic E-state index is -1.03. The number of hydrogen-bond donors (Lipinski definition) is 1. The first-order valence-corrected chi connectivity index (χ1v) is 3.70. The van der Waals surface area contributed by atoms with E-state index in [1.807, 2.05) is 13.8 Å². The van der Waals surface area contributed by atoms with Gasteiger partial charge in [-0.25, -0.2) is 0 Å². The van der Waals surface area contributed by atoms with E-state index >= 15 is 0 Å². The fourth-order valence-electron chi connectivity index (χ4n) is 0.717. The zero-order valence-corrected chi connectivity index (χ0v) is 7.13. The summed E-state index contributed by atoms with van der Waals surface area (Å²) >= 11 is 0. The molecule has 11 heavy (non-hydrogen) atoms. The van der Waals surface area contributed by atoms with Crippen molar-refractivity contribution in [2.24, 2.45) is 11.8 Å². The molecule has 0 aromatic carbocycles. The Hall–Kier alpha value is -0.860. The Kier molecular flexibility index (Phi) is 3.79. The van der Waals surface area contributed by atoms with E-state index in [1.54, 1.807) is 0 Å². The number of rotatable bonds is 4. The smallest absolute Gasteiger partial charge is 0.313 e. The zero-order chi connectivity index (χ0) is 9.02. The van der Waals surface area contributed by atoms with E-state index in [2.05, 4.69) is 0 Å². The Morgan fingerprint density at radius 3 is 2.00 bits per heavy atom. The van der Waals surface area contributed by atoms with Gasteiger partial charge in [0.25, 0.3) is 0 Å². The van der Waals surface area contributed by atoms with Crippen LogP contribution < -0.4 is 0 Å². The van der Waals surface area contributed by atoms with Gasteiger partial charge in [0.1, 0.15) is 11.7 Å². The van der Waals surface area contributed by atoms with Gasteiger partial charge < -0.3 is 5.11 Å². The number of aliphatic carboxylic acids is 1. The third-order valence-corrected chi connectivity index (χ3v) is 1.46. The summed E-state index contributed by atoms with van der Waals surface area (Å²) in [6.07, 6.45) is 0.355. The standard InChI is InChI=1S/C8H14O3/c1-5(2)4-7(9)6(3)8(10)11/h5-6H,4H2,1-3H3,(H,10,11). The summed E-state index contributed by atoms with van der Waals surface area (Å²) in [4.78, 5) is 21.3. The summed E-state index contributed by atoms with van der Waals surface area (Å²) in [5.74, 6) is -1.83. The van der Waals surface area contributed by atoms with Crippen molar-refractivity contribution in [1.29, 1.82) is 0 Å². The number of carboxylic acid groups (broad SMARTS) is 1. The Labute approximate surface area is 66.4 Å². The fourth-order valence-corrected chi connectivity index (χ4v) is 0.717. The number of carbonyl (C=O) groups is 2. The van der Waals surface area contributed by atoms with Crippen LogP contribution in [0, 0.1) is 11.8 Å². The number of hydrogen-bond acceptors (Lipinski definition) is 2. The lowest BCUT2D eigenvalue weighted by molar-refractivity contribution is -0.145. The third kappa shape index (κ3) is 3.75. The predicted molar refractivity (Wildman–Crippen MR) is 41.3 cm³/mol. The summed E-state index contributed by atoms with van der Waals surface area (Å²) in [7, 11) is 0. The minimum absolute atomic E-state index is 0.187. The first kappa shape index (κ1) is 10.1. The minimum Gasteiger partial charge on any atom is -0.481 e. The van der Waals surface area contributed by atoms with Crippen molar-refractivity contribution >= 4 is 11.8 Å². The van der Waals surface area contributed by atoms with Crippen molar-refractivity contribution in [3.05, 3.63) is 0 Å². The van der Waals surface area contributed by atoms with Crippen molar-refractivity contribution in [2.45, 2.75) is 27.2 Å². The van der Waals surface area contributed by atoms with Crippen molar-refractivity contribution in [3.63, 3.8) is 0 Å². The van der Waals surface area contributed by atoms with Crippen LogP contribution in [0.4, 0.5) is 0 Å². The zero-order valence-electron chi connectivity index (χ0n) is 7.13. The molecule has 0 saturated carbocycles. The molecule has 3 nitrogen and oxygen atoms in total. The van der Waals surface area contributed by atoms with E-state index in [9.17, 15) is 9.59 Å². The van der Waals surface area contributed by atoms with E-state index < -0.39 is 11.9 Å². The molecule has 0 rings (SSSR count). The summed E-state index contributed by atoms with van der Waals surface area (Å²) < 4.78 is 0. The molecule has 0 amide bonds. The summed E-state index contributed by atoms with van der Waals surface area (Å²) in [6.45, 7) is 5.21. The second-order valence-electron chi connectivity index (χ2n) is 3.12. The van der Waals surface area contributed by atoms with E-state index in [4.69, 9.17) is 5.11 Å². The van der Waals surface area contributed by atoms with Crippen LogP contribution in [0.1, 0.15) is 27.2 Å². The third-order valence-electron chi connectivity index (χ3n) is 1.46. The average molecular weight is 158 g/mol. The first-order valence-electron chi connectivity index (χ1n) is 3.70. The lowest BCUT2D eigenvalue weighted by Crippen LogP contribution is -2.21. The van der Waals surface area contributed by atoms with Gasteiger partial charge >= 0.3 is 5.97 Å². The molecule has 0 aliphatic rings. The summed E-state index contributed by atoms with van der Waals surface area (Å²) in [5, 5.41) is 8.44. The highest BCUT2D eigenvalue weighted by Crippen LogP contribution is 2.07. The van der Waals surface area contributed by atoms with Crippen molar-refractivity contribution in [3.8, 4) is 0 Å².